The summed E-state index contributed by atoms with van der Waals surface area (Å²) in [4.78, 5) is 53.3. The average Bonchev–Trinajstić information content (AvgIpc) is 3.58. The van der Waals surface area contributed by atoms with Crippen LogP contribution < -0.4 is 20.7 Å². The van der Waals surface area contributed by atoms with Crippen LogP contribution in [0.2, 0.25) is 0 Å². The number of carbonyl (C=O) groups excluding carboxylic acids is 4. The number of esters is 1. The Bertz CT molecular complexity index is 2010. The summed E-state index contributed by atoms with van der Waals surface area (Å²) in [5.41, 5.74) is 6.32. The molecule has 0 aromatic heterocycles. The van der Waals surface area contributed by atoms with Crippen molar-refractivity contribution in [1.82, 2.24) is 16.0 Å². The molecule has 0 radical (unpaired) electrons. The molecule has 1 aliphatic carbocycles. The molecule has 1 aliphatic rings. The van der Waals surface area contributed by atoms with E-state index in [9.17, 15) is 24.3 Å². The van der Waals surface area contributed by atoms with Gasteiger partial charge in [-0.15, -0.1) is 13.2 Å². The minimum Gasteiger partial charge on any atom is -0.489 e. The van der Waals surface area contributed by atoms with Crippen molar-refractivity contribution in [3.63, 3.8) is 0 Å². The smallest absolute Gasteiger partial charge is 0.407 e. The number of aliphatic hydroxyl groups excluding tert-OH is 1. The topological polar surface area (TPSA) is 152 Å². The number of fused-ring (bicyclic) bond motifs is 3. The number of hydrogen-bond donors (Lipinski definition) is 4. The second-order valence-corrected chi connectivity index (χ2v) is 15.4. The molecule has 11 heteroatoms. The Balaban J connectivity index is 1.10. The number of nitrogens with one attached hydrogen (secondary N) is 3. The van der Waals surface area contributed by atoms with Crippen LogP contribution in [0.25, 0.3) is 11.1 Å². The van der Waals surface area contributed by atoms with E-state index in [2.05, 4.69) is 41.2 Å². The zero-order valence-corrected chi connectivity index (χ0v) is 34.5. The second-order valence-electron chi connectivity index (χ2n) is 15.4. The van der Waals surface area contributed by atoms with Crippen molar-refractivity contribution in [2.24, 2.45) is 11.8 Å². The first kappa shape index (κ1) is 44.9. The Kier molecular flexibility index (Phi) is 17.1. The molecule has 316 valence electrons. The second kappa shape index (κ2) is 22.8. The van der Waals surface area contributed by atoms with E-state index < -0.39 is 47.9 Å². The fourth-order valence-electron chi connectivity index (χ4n) is 7.19. The Morgan fingerprint density at radius 1 is 0.767 bits per heavy atom. The lowest BCUT2D eigenvalue weighted by Crippen LogP contribution is -2.48. The minimum atomic E-state index is -1.01. The highest BCUT2D eigenvalue weighted by atomic mass is 16.6. The first-order chi connectivity index (χ1) is 29.1. The molecule has 11 nitrogen and oxygen atoms in total. The lowest BCUT2D eigenvalue weighted by Gasteiger charge is -2.26. The summed E-state index contributed by atoms with van der Waals surface area (Å²) in [5, 5.41) is 18.6. The molecule has 0 bridgehead atoms. The zero-order valence-electron chi connectivity index (χ0n) is 34.5. The van der Waals surface area contributed by atoms with Gasteiger partial charge in [0.2, 0.25) is 11.8 Å². The fraction of sp³-hybridized carbons (Fsp3) is 0.347. The normalized spacial score (nSPS) is 13.7. The number of alkyl carbamates (subject to hydrolysis) is 1. The van der Waals surface area contributed by atoms with E-state index in [0.717, 1.165) is 33.4 Å². The number of allylic oxidation sites excluding steroid dienone is 2. The number of rotatable bonds is 23. The maximum atomic E-state index is 13.6. The highest BCUT2D eigenvalue weighted by Gasteiger charge is 2.31. The molecule has 0 heterocycles. The van der Waals surface area contributed by atoms with Gasteiger partial charge in [-0.1, -0.05) is 117 Å². The molecule has 4 aromatic rings. The molecule has 4 aromatic carbocycles. The largest absolute Gasteiger partial charge is 0.489 e. The predicted octanol–water partition coefficient (Wildman–Crippen LogP) is 7.43. The van der Waals surface area contributed by atoms with E-state index in [1.165, 1.54) is 0 Å². The standard InChI is InChI=1S/C49H57N3O8/c1-5-7-22-44(52-49(57)60-31-43-41-20-13-11-18-39(41)40-19-12-14-21-42(40)43)48(56)59-32-45(33(3)4)51-47(55)36(15-6-2)28-46(54)50-37(29-53)27-34-23-25-38(26-24-34)58-30-35-16-9-8-10-17-35/h5-6,8-14,16-21,23-26,33,36-37,43-45,53H,1-2,7,15,22,27-32H2,3-4H3,(H,50,54)(H,51,55)(H,52,57)/t36-,37-,44-,45+/m0/s1. The van der Waals surface area contributed by atoms with Crippen LogP contribution in [0, 0.1) is 11.8 Å². The molecule has 0 aliphatic heterocycles. The third kappa shape index (κ3) is 12.9. The first-order valence-corrected chi connectivity index (χ1v) is 20.6. The maximum absolute atomic E-state index is 13.6. The van der Waals surface area contributed by atoms with Gasteiger partial charge >= 0.3 is 12.1 Å². The van der Waals surface area contributed by atoms with Gasteiger partial charge in [-0.05, 0) is 77.1 Å². The van der Waals surface area contributed by atoms with Crippen LogP contribution in [0.4, 0.5) is 4.79 Å². The van der Waals surface area contributed by atoms with Crippen LogP contribution in [0.3, 0.4) is 0 Å². The average molecular weight is 816 g/mol. The molecule has 3 amide bonds. The summed E-state index contributed by atoms with van der Waals surface area (Å²) >= 11 is 0. The van der Waals surface area contributed by atoms with Crippen molar-refractivity contribution in [3.05, 3.63) is 151 Å². The quantitative estimate of drug-likeness (QED) is 0.0446. The van der Waals surface area contributed by atoms with E-state index in [1.54, 1.807) is 12.2 Å². The molecule has 0 saturated heterocycles. The summed E-state index contributed by atoms with van der Waals surface area (Å²) in [6.07, 6.45) is 3.63. The van der Waals surface area contributed by atoms with Crippen molar-refractivity contribution in [2.45, 2.75) is 76.6 Å². The summed E-state index contributed by atoms with van der Waals surface area (Å²) in [6.45, 7) is 11.4. The Morgan fingerprint density at radius 3 is 2.03 bits per heavy atom. The van der Waals surface area contributed by atoms with Gasteiger partial charge in [0.25, 0.3) is 0 Å². The van der Waals surface area contributed by atoms with Crippen LogP contribution in [0.1, 0.15) is 67.7 Å². The number of carbonyl (C=O) groups is 4. The van der Waals surface area contributed by atoms with E-state index >= 15 is 0 Å². The molecule has 4 N–H and O–H groups in total. The Morgan fingerprint density at radius 2 is 1.42 bits per heavy atom. The molecular formula is C49H57N3O8. The van der Waals surface area contributed by atoms with Crippen LogP contribution in [0.15, 0.2) is 128 Å². The number of aliphatic hydroxyl groups is 1. The highest BCUT2D eigenvalue weighted by Crippen LogP contribution is 2.44. The van der Waals surface area contributed by atoms with Crippen LogP contribution >= 0.6 is 0 Å². The molecular weight excluding hydrogens is 759 g/mol. The molecule has 5 rings (SSSR count). The van der Waals surface area contributed by atoms with E-state index in [0.29, 0.717) is 25.2 Å². The molecule has 4 atom stereocenters. The predicted molar refractivity (Wildman–Crippen MR) is 232 cm³/mol. The number of hydrogen-bond acceptors (Lipinski definition) is 8. The zero-order chi connectivity index (χ0) is 42.9. The lowest BCUT2D eigenvalue weighted by atomic mass is 9.97. The number of benzene rings is 4. The molecule has 0 unspecified atom stereocenters. The molecule has 0 spiro atoms. The van der Waals surface area contributed by atoms with Crippen molar-refractivity contribution in [2.75, 3.05) is 19.8 Å². The fourth-order valence-corrected chi connectivity index (χ4v) is 7.19. The van der Waals surface area contributed by atoms with Crippen molar-refractivity contribution >= 4 is 23.9 Å². The summed E-state index contributed by atoms with van der Waals surface area (Å²) < 4.78 is 17.2. The van der Waals surface area contributed by atoms with Gasteiger partial charge in [-0.3, -0.25) is 9.59 Å². The van der Waals surface area contributed by atoms with E-state index in [-0.39, 0.29) is 50.9 Å². The first-order valence-electron chi connectivity index (χ1n) is 20.6. The van der Waals surface area contributed by atoms with Gasteiger partial charge < -0.3 is 35.3 Å². The van der Waals surface area contributed by atoms with Crippen LogP contribution in [-0.2, 0) is 36.9 Å². The third-order valence-corrected chi connectivity index (χ3v) is 10.6. The molecule has 60 heavy (non-hydrogen) atoms. The minimum absolute atomic E-state index is 0.0919. The lowest BCUT2D eigenvalue weighted by molar-refractivity contribution is -0.148. The van der Waals surface area contributed by atoms with Crippen LogP contribution in [-0.4, -0.2) is 66.9 Å². The molecule has 0 fully saturated rings. The van der Waals surface area contributed by atoms with Crippen molar-refractivity contribution in [3.8, 4) is 16.9 Å². The summed E-state index contributed by atoms with van der Waals surface area (Å²) in [5.74, 6) is -1.79. The van der Waals surface area contributed by atoms with Gasteiger partial charge in [0.05, 0.1) is 24.6 Å². The highest BCUT2D eigenvalue weighted by molar-refractivity contribution is 5.86. The van der Waals surface area contributed by atoms with Gasteiger partial charge in [-0.2, -0.15) is 0 Å². The monoisotopic (exact) mass is 815 g/mol. The Hall–Kier alpha value is -6.20. The van der Waals surface area contributed by atoms with Crippen LogP contribution in [0.5, 0.6) is 5.75 Å². The Labute approximate surface area is 353 Å². The van der Waals surface area contributed by atoms with E-state index in [1.807, 2.05) is 105 Å². The molecule has 0 saturated carbocycles. The third-order valence-electron chi connectivity index (χ3n) is 10.6. The van der Waals surface area contributed by atoms with Gasteiger partial charge in [0.15, 0.2) is 0 Å². The summed E-state index contributed by atoms with van der Waals surface area (Å²) in [7, 11) is 0. The number of amides is 3. The van der Waals surface area contributed by atoms with E-state index in [4.69, 9.17) is 14.2 Å². The SMILES string of the molecule is C=CCC[C@H](NC(=O)OCC1c2ccccc2-c2ccccc21)C(=O)OC[C@@H](NC(=O)[C@@H](CC=C)CC(=O)N[C@H](CO)Cc1ccc(OCc2ccccc2)cc1)C(C)C. The maximum Gasteiger partial charge on any atom is 0.407 e. The van der Waals surface area contributed by atoms with Gasteiger partial charge in [-0.25, -0.2) is 9.59 Å². The van der Waals surface area contributed by atoms with Gasteiger partial charge in [0, 0.05) is 12.3 Å². The van der Waals surface area contributed by atoms with Gasteiger partial charge in [0.1, 0.15) is 31.6 Å². The summed E-state index contributed by atoms with van der Waals surface area (Å²) in [6, 6.07) is 31.2. The van der Waals surface area contributed by atoms with Crippen molar-refractivity contribution in [1.29, 1.82) is 0 Å². The van der Waals surface area contributed by atoms with Crippen molar-refractivity contribution < 1.29 is 38.5 Å². The number of ether oxygens (including phenoxy) is 3.